The summed E-state index contributed by atoms with van der Waals surface area (Å²) in [6, 6.07) is 0.459. The summed E-state index contributed by atoms with van der Waals surface area (Å²) in [7, 11) is 1.88. The largest absolute Gasteiger partial charge is 0.364 e. The van der Waals surface area contributed by atoms with Crippen LogP contribution in [-0.4, -0.2) is 42.6 Å². The molecule has 0 aromatic heterocycles. The van der Waals surface area contributed by atoms with E-state index in [2.05, 4.69) is 6.92 Å². The zero-order valence-electron chi connectivity index (χ0n) is 11.7. The molecule has 2 fully saturated rings. The molecule has 0 aromatic rings. The van der Waals surface area contributed by atoms with Gasteiger partial charge in [-0.2, -0.15) is 0 Å². The molecule has 2 saturated carbocycles. The van der Waals surface area contributed by atoms with Gasteiger partial charge in [-0.1, -0.05) is 19.8 Å². The Morgan fingerprint density at radius 1 is 1.44 bits per heavy atom. The topological polar surface area (TPSA) is 55.6 Å². The van der Waals surface area contributed by atoms with E-state index in [0.717, 1.165) is 32.1 Å². The number of carbonyl (C=O) groups is 1. The van der Waals surface area contributed by atoms with Gasteiger partial charge in [-0.05, 0) is 31.6 Å². The number of hydrogen-bond acceptors (Lipinski definition) is 3. The summed E-state index contributed by atoms with van der Waals surface area (Å²) in [6.45, 7) is 2.96. The van der Waals surface area contributed by atoms with Crippen LogP contribution in [0.3, 0.4) is 0 Å². The zero-order valence-corrected chi connectivity index (χ0v) is 11.7. The van der Waals surface area contributed by atoms with Crippen molar-refractivity contribution in [2.45, 2.75) is 57.1 Å². The molecule has 0 aromatic carbocycles. The van der Waals surface area contributed by atoms with Crippen LogP contribution in [0.1, 0.15) is 45.4 Å². The summed E-state index contributed by atoms with van der Waals surface area (Å²) in [5.74, 6) is 0.752. The van der Waals surface area contributed by atoms with E-state index >= 15 is 0 Å². The fraction of sp³-hybridized carbons (Fsp3) is 0.929. The summed E-state index contributed by atoms with van der Waals surface area (Å²) < 4.78 is 5.93. The van der Waals surface area contributed by atoms with Gasteiger partial charge in [-0.3, -0.25) is 4.79 Å². The Morgan fingerprint density at radius 2 is 2.17 bits per heavy atom. The Morgan fingerprint density at radius 3 is 2.72 bits per heavy atom. The first-order chi connectivity index (χ1) is 8.56. The lowest BCUT2D eigenvalue weighted by molar-refractivity contribution is -0.145. The summed E-state index contributed by atoms with van der Waals surface area (Å²) >= 11 is 0. The van der Waals surface area contributed by atoms with E-state index in [1.54, 1.807) is 0 Å². The van der Waals surface area contributed by atoms with Crippen LogP contribution in [0.2, 0.25) is 0 Å². The Bertz CT molecular complexity index is 304. The number of nitrogens with zero attached hydrogens (tertiary/aromatic N) is 1. The van der Waals surface area contributed by atoms with Gasteiger partial charge < -0.3 is 15.4 Å². The number of rotatable bonds is 5. The predicted molar refractivity (Wildman–Crippen MR) is 71.2 cm³/mol. The van der Waals surface area contributed by atoms with Crippen LogP contribution in [0.25, 0.3) is 0 Å². The van der Waals surface area contributed by atoms with Crippen LogP contribution >= 0.6 is 0 Å². The standard InChI is InChI=1S/C14H26N2O2/c1-11-4-3-7-14(8-11,10-15)18-9-13(17)16(2)12-5-6-12/h11-12H,3-10,15H2,1-2H3. The molecule has 18 heavy (non-hydrogen) atoms. The molecule has 2 N–H and O–H groups in total. The third kappa shape index (κ3) is 3.23. The van der Waals surface area contributed by atoms with Gasteiger partial charge in [0.1, 0.15) is 6.61 Å². The van der Waals surface area contributed by atoms with Crippen LogP contribution < -0.4 is 5.73 Å². The molecule has 104 valence electrons. The Hall–Kier alpha value is -0.610. The normalized spacial score (nSPS) is 32.3. The number of amides is 1. The summed E-state index contributed by atoms with van der Waals surface area (Å²) in [6.07, 6.45) is 6.67. The van der Waals surface area contributed by atoms with Crippen molar-refractivity contribution >= 4 is 5.91 Å². The number of likely N-dealkylation sites (N-methyl/N-ethyl adjacent to an activating group) is 1. The van der Waals surface area contributed by atoms with Crippen molar-refractivity contribution in [2.75, 3.05) is 20.2 Å². The molecular weight excluding hydrogens is 228 g/mol. The second kappa shape index (κ2) is 5.57. The molecule has 2 unspecified atom stereocenters. The van der Waals surface area contributed by atoms with E-state index in [9.17, 15) is 4.79 Å². The second-order valence-electron chi connectivity index (χ2n) is 6.11. The molecule has 4 nitrogen and oxygen atoms in total. The molecule has 0 saturated heterocycles. The lowest BCUT2D eigenvalue weighted by Gasteiger charge is -2.39. The smallest absolute Gasteiger partial charge is 0.248 e. The van der Waals surface area contributed by atoms with Crippen LogP contribution in [0.4, 0.5) is 0 Å². The molecular formula is C14H26N2O2. The van der Waals surface area contributed by atoms with Crippen LogP contribution in [0.15, 0.2) is 0 Å². The van der Waals surface area contributed by atoms with Crippen molar-refractivity contribution in [1.29, 1.82) is 0 Å². The summed E-state index contributed by atoms with van der Waals surface area (Å²) in [5, 5.41) is 0. The highest BCUT2D eigenvalue weighted by atomic mass is 16.5. The highest BCUT2D eigenvalue weighted by Crippen LogP contribution is 2.34. The fourth-order valence-electron chi connectivity index (χ4n) is 2.97. The molecule has 1 amide bonds. The molecule has 0 aliphatic heterocycles. The van der Waals surface area contributed by atoms with Crippen molar-refractivity contribution in [2.24, 2.45) is 11.7 Å². The third-order valence-electron chi connectivity index (χ3n) is 4.41. The minimum absolute atomic E-state index is 0.101. The van der Waals surface area contributed by atoms with Crippen molar-refractivity contribution in [1.82, 2.24) is 4.90 Å². The lowest BCUT2D eigenvalue weighted by atomic mass is 9.79. The highest BCUT2D eigenvalue weighted by molar-refractivity contribution is 5.77. The highest BCUT2D eigenvalue weighted by Gasteiger charge is 2.36. The zero-order chi connectivity index (χ0) is 13.2. The molecule has 0 spiro atoms. The molecule has 4 heteroatoms. The molecule has 0 heterocycles. The first-order valence-corrected chi connectivity index (χ1v) is 7.16. The van der Waals surface area contributed by atoms with E-state index in [1.165, 1.54) is 6.42 Å². The average molecular weight is 254 g/mol. The Labute approximate surface area is 110 Å². The van der Waals surface area contributed by atoms with Crippen LogP contribution in [0.5, 0.6) is 0 Å². The maximum atomic E-state index is 12.0. The molecule has 0 bridgehead atoms. The number of hydrogen-bond donors (Lipinski definition) is 1. The monoisotopic (exact) mass is 254 g/mol. The second-order valence-corrected chi connectivity index (χ2v) is 6.11. The molecule has 2 aliphatic rings. The van der Waals surface area contributed by atoms with Crippen molar-refractivity contribution < 1.29 is 9.53 Å². The van der Waals surface area contributed by atoms with E-state index < -0.39 is 0 Å². The van der Waals surface area contributed by atoms with E-state index in [-0.39, 0.29) is 18.1 Å². The molecule has 2 atom stereocenters. The van der Waals surface area contributed by atoms with Gasteiger partial charge in [-0.15, -0.1) is 0 Å². The summed E-state index contributed by atoms with van der Waals surface area (Å²) in [5.41, 5.74) is 5.63. The van der Waals surface area contributed by atoms with Crippen molar-refractivity contribution in [3.05, 3.63) is 0 Å². The van der Waals surface area contributed by atoms with Gasteiger partial charge >= 0.3 is 0 Å². The molecule has 2 rings (SSSR count). The van der Waals surface area contributed by atoms with Gasteiger partial charge in [0.25, 0.3) is 0 Å². The van der Waals surface area contributed by atoms with Gasteiger partial charge in [-0.25, -0.2) is 0 Å². The SMILES string of the molecule is CC1CCCC(CN)(OCC(=O)N(C)C2CC2)C1. The molecule has 2 aliphatic carbocycles. The average Bonchev–Trinajstić information content (AvgIpc) is 3.19. The van der Waals surface area contributed by atoms with Crippen LogP contribution in [-0.2, 0) is 9.53 Å². The Kier molecular flexibility index (Phi) is 4.28. The van der Waals surface area contributed by atoms with Crippen molar-refractivity contribution in [3.8, 4) is 0 Å². The lowest BCUT2D eigenvalue weighted by Crippen LogP contribution is -2.46. The maximum Gasteiger partial charge on any atom is 0.248 e. The quantitative estimate of drug-likeness (QED) is 0.809. The first-order valence-electron chi connectivity index (χ1n) is 7.16. The minimum Gasteiger partial charge on any atom is -0.364 e. The first kappa shape index (κ1) is 13.8. The van der Waals surface area contributed by atoms with Gasteiger partial charge in [0, 0.05) is 19.6 Å². The van der Waals surface area contributed by atoms with E-state index in [0.29, 0.717) is 18.5 Å². The number of ether oxygens (including phenoxy) is 1. The number of carbonyl (C=O) groups excluding carboxylic acids is 1. The van der Waals surface area contributed by atoms with E-state index in [4.69, 9.17) is 10.5 Å². The van der Waals surface area contributed by atoms with Gasteiger partial charge in [0.2, 0.25) is 5.91 Å². The van der Waals surface area contributed by atoms with E-state index in [1.807, 2.05) is 11.9 Å². The predicted octanol–water partition coefficient (Wildman–Crippen LogP) is 1.53. The van der Waals surface area contributed by atoms with Gasteiger partial charge in [0.05, 0.1) is 5.60 Å². The van der Waals surface area contributed by atoms with Gasteiger partial charge in [0.15, 0.2) is 0 Å². The fourth-order valence-corrected chi connectivity index (χ4v) is 2.97. The third-order valence-corrected chi connectivity index (χ3v) is 4.41. The molecule has 0 radical (unpaired) electrons. The van der Waals surface area contributed by atoms with Crippen molar-refractivity contribution in [3.63, 3.8) is 0 Å². The Balaban J connectivity index is 1.84. The van der Waals surface area contributed by atoms with Crippen LogP contribution in [0, 0.1) is 5.92 Å². The minimum atomic E-state index is -0.252. The maximum absolute atomic E-state index is 12.0. The number of nitrogens with two attached hydrogens (primary N) is 1. The summed E-state index contributed by atoms with van der Waals surface area (Å²) in [4.78, 5) is 13.8.